The van der Waals surface area contributed by atoms with Crippen LogP contribution in [0.15, 0.2) is 24.3 Å². The normalized spacial score (nSPS) is 13.1. The lowest BCUT2D eigenvalue weighted by Gasteiger charge is -2.38. The van der Waals surface area contributed by atoms with E-state index < -0.39 is 8.07 Å². The molecule has 3 heteroatoms. The van der Waals surface area contributed by atoms with E-state index >= 15 is 0 Å². The number of benzene rings is 1. The van der Waals surface area contributed by atoms with E-state index in [0.29, 0.717) is 33.6 Å². The molecule has 0 spiro atoms. The van der Waals surface area contributed by atoms with Crippen LogP contribution < -0.4 is 0 Å². The van der Waals surface area contributed by atoms with Gasteiger partial charge in [-0.05, 0) is 40.9 Å². The van der Waals surface area contributed by atoms with Crippen LogP contribution in [0.2, 0.25) is 21.6 Å². The topological polar surface area (TPSA) is 17.1 Å². The standard InChI is InChI=1S/C21H31ClOSi/c1-15(2)24(16(3)4,17(5)6)13-12-18(7)14-21(23)19-8-10-20(22)11-9-19/h8-11,15-18H,14H2,1-7H3/t18-/m0/s1. The molecule has 0 aliphatic rings. The minimum Gasteiger partial charge on any atom is -0.294 e. The monoisotopic (exact) mass is 362 g/mol. The molecule has 132 valence electrons. The quantitative estimate of drug-likeness (QED) is 0.310. The van der Waals surface area contributed by atoms with Crippen molar-refractivity contribution in [3.63, 3.8) is 0 Å². The second-order valence-corrected chi connectivity index (χ2v) is 13.7. The smallest absolute Gasteiger partial charge is 0.164 e. The number of Topliss-reactive ketones (excluding diaryl/α,β-unsaturated/α-hetero) is 1. The van der Waals surface area contributed by atoms with Crippen molar-refractivity contribution >= 4 is 25.5 Å². The van der Waals surface area contributed by atoms with Gasteiger partial charge in [-0.2, -0.15) is 0 Å². The lowest BCUT2D eigenvalue weighted by atomic mass is 10.0. The molecule has 0 heterocycles. The van der Waals surface area contributed by atoms with Crippen molar-refractivity contribution < 1.29 is 4.79 Å². The predicted molar refractivity (Wildman–Crippen MR) is 108 cm³/mol. The molecule has 0 aliphatic heterocycles. The van der Waals surface area contributed by atoms with Crippen LogP contribution in [0.25, 0.3) is 0 Å². The number of hydrogen-bond donors (Lipinski definition) is 0. The molecule has 1 rings (SSSR count). The summed E-state index contributed by atoms with van der Waals surface area (Å²) in [7, 11) is -1.72. The van der Waals surface area contributed by atoms with Crippen molar-refractivity contribution in [2.24, 2.45) is 5.92 Å². The molecule has 0 bridgehead atoms. The second-order valence-electron chi connectivity index (χ2n) is 7.70. The van der Waals surface area contributed by atoms with Crippen LogP contribution in [-0.2, 0) is 0 Å². The predicted octanol–water partition coefficient (Wildman–Crippen LogP) is 6.77. The Labute approximate surface area is 154 Å². The van der Waals surface area contributed by atoms with Crippen LogP contribution in [0.4, 0.5) is 0 Å². The minimum atomic E-state index is -1.72. The molecule has 0 unspecified atom stereocenters. The molecule has 0 N–H and O–H groups in total. The van der Waals surface area contributed by atoms with Crippen LogP contribution in [0, 0.1) is 17.4 Å². The van der Waals surface area contributed by atoms with Gasteiger partial charge in [-0.15, -0.1) is 11.5 Å². The molecule has 1 aromatic rings. The average molecular weight is 363 g/mol. The Morgan fingerprint density at radius 2 is 1.42 bits per heavy atom. The Morgan fingerprint density at radius 1 is 0.958 bits per heavy atom. The molecule has 0 saturated heterocycles. The second kappa shape index (κ2) is 8.88. The van der Waals surface area contributed by atoms with Crippen LogP contribution >= 0.6 is 11.6 Å². The zero-order valence-corrected chi connectivity index (χ0v) is 17.9. The first-order chi connectivity index (χ1) is 11.1. The van der Waals surface area contributed by atoms with Crippen molar-refractivity contribution in [3.05, 3.63) is 34.9 Å². The molecule has 1 atom stereocenters. The number of hydrogen-bond acceptors (Lipinski definition) is 1. The zero-order valence-electron chi connectivity index (χ0n) is 16.1. The molecule has 0 amide bonds. The summed E-state index contributed by atoms with van der Waals surface area (Å²) in [5, 5.41) is 0.654. The lowest BCUT2D eigenvalue weighted by molar-refractivity contribution is 0.0973. The molecule has 1 nitrogen and oxygen atoms in total. The Kier molecular flexibility index (Phi) is 7.77. The highest BCUT2D eigenvalue weighted by atomic mass is 35.5. The molecule has 0 aliphatic carbocycles. The zero-order chi connectivity index (χ0) is 18.5. The Balaban J connectivity index is 2.93. The van der Waals surface area contributed by atoms with Crippen LogP contribution in [0.1, 0.15) is 65.2 Å². The van der Waals surface area contributed by atoms with E-state index in [4.69, 9.17) is 11.6 Å². The molecule has 0 fully saturated rings. The van der Waals surface area contributed by atoms with Gasteiger partial charge < -0.3 is 0 Å². The minimum absolute atomic E-state index is 0.0799. The van der Waals surface area contributed by atoms with Gasteiger partial charge in [-0.25, -0.2) is 0 Å². The summed E-state index contributed by atoms with van der Waals surface area (Å²) in [6.45, 7) is 15.9. The Morgan fingerprint density at radius 3 is 1.83 bits per heavy atom. The third-order valence-corrected chi connectivity index (χ3v) is 11.6. The Bertz CT molecular complexity index is 583. The summed E-state index contributed by atoms with van der Waals surface area (Å²) in [4.78, 5) is 12.4. The van der Waals surface area contributed by atoms with Gasteiger partial charge in [-0.1, -0.05) is 60.1 Å². The third kappa shape index (κ3) is 4.98. The van der Waals surface area contributed by atoms with Crippen molar-refractivity contribution in [3.8, 4) is 11.5 Å². The number of carbonyl (C=O) groups is 1. The van der Waals surface area contributed by atoms with E-state index in [1.54, 1.807) is 24.3 Å². The summed E-state index contributed by atoms with van der Waals surface area (Å²) in [5.41, 5.74) is 6.27. The summed E-state index contributed by atoms with van der Waals surface area (Å²) < 4.78 is 0. The van der Waals surface area contributed by atoms with Crippen molar-refractivity contribution in [1.82, 2.24) is 0 Å². The molecule has 24 heavy (non-hydrogen) atoms. The summed E-state index contributed by atoms with van der Waals surface area (Å²) in [5.74, 6) is 3.66. The van der Waals surface area contributed by atoms with Gasteiger partial charge in [0.05, 0.1) is 0 Å². The third-order valence-electron chi connectivity index (χ3n) is 5.06. The van der Waals surface area contributed by atoms with E-state index in [0.717, 1.165) is 0 Å². The fraction of sp³-hybridized carbons (Fsp3) is 0.571. The highest BCUT2D eigenvalue weighted by Crippen LogP contribution is 2.40. The average Bonchev–Trinajstić information content (AvgIpc) is 2.47. The lowest BCUT2D eigenvalue weighted by Crippen LogP contribution is -2.43. The highest BCUT2D eigenvalue weighted by molar-refractivity contribution is 6.90. The van der Waals surface area contributed by atoms with Crippen LogP contribution in [0.5, 0.6) is 0 Å². The highest BCUT2D eigenvalue weighted by Gasteiger charge is 2.41. The first-order valence-corrected chi connectivity index (χ1v) is 11.5. The van der Waals surface area contributed by atoms with E-state index in [1.165, 1.54) is 0 Å². The van der Waals surface area contributed by atoms with E-state index in [-0.39, 0.29) is 11.7 Å². The van der Waals surface area contributed by atoms with Gasteiger partial charge >= 0.3 is 0 Å². The first-order valence-electron chi connectivity index (χ1n) is 8.92. The largest absolute Gasteiger partial charge is 0.294 e. The van der Waals surface area contributed by atoms with Gasteiger partial charge in [0, 0.05) is 22.9 Å². The molecule has 1 aromatic carbocycles. The summed E-state index contributed by atoms with van der Waals surface area (Å²) >= 11 is 5.88. The van der Waals surface area contributed by atoms with Gasteiger partial charge in [-0.3, -0.25) is 4.79 Å². The number of ketones is 1. The van der Waals surface area contributed by atoms with Gasteiger partial charge in [0.1, 0.15) is 8.07 Å². The molecule has 0 radical (unpaired) electrons. The van der Waals surface area contributed by atoms with Crippen molar-refractivity contribution in [2.45, 2.75) is 71.5 Å². The van der Waals surface area contributed by atoms with E-state index in [9.17, 15) is 4.79 Å². The van der Waals surface area contributed by atoms with Crippen molar-refractivity contribution in [2.75, 3.05) is 0 Å². The van der Waals surface area contributed by atoms with Crippen LogP contribution in [0.3, 0.4) is 0 Å². The Hall–Kier alpha value is -1.04. The van der Waals surface area contributed by atoms with Gasteiger partial charge in [0.25, 0.3) is 0 Å². The number of halogens is 1. The molecular weight excluding hydrogens is 332 g/mol. The maximum atomic E-state index is 12.4. The SMILES string of the molecule is CC(C)[Si](C#C[C@H](C)CC(=O)c1ccc(Cl)cc1)(C(C)C)C(C)C. The van der Waals surface area contributed by atoms with Crippen molar-refractivity contribution in [1.29, 1.82) is 0 Å². The van der Waals surface area contributed by atoms with Gasteiger partial charge in [0.15, 0.2) is 5.78 Å². The molecule has 0 saturated carbocycles. The van der Waals surface area contributed by atoms with E-state index in [1.807, 2.05) is 0 Å². The molecule has 0 aromatic heterocycles. The first kappa shape index (κ1) is 21.0. The summed E-state index contributed by atoms with van der Waals surface area (Å²) in [6.07, 6.45) is 0.466. The fourth-order valence-electron chi connectivity index (χ4n) is 3.76. The van der Waals surface area contributed by atoms with E-state index in [2.05, 4.69) is 59.9 Å². The van der Waals surface area contributed by atoms with Gasteiger partial charge in [0.2, 0.25) is 0 Å². The maximum absolute atomic E-state index is 12.4. The maximum Gasteiger partial charge on any atom is 0.164 e. The number of carbonyl (C=O) groups excluding carboxylic acids is 1. The summed E-state index contributed by atoms with van der Waals surface area (Å²) in [6, 6.07) is 7.11. The number of rotatable bonds is 6. The van der Waals surface area contributed by atoms with Crippen LogP contribution in [-0.4, -0.2) is 13.9 Å². The molecular formula is C21H31ClOSi. The fourth-order valence-corrected chi connectivity index (χ4v) is 9.25.